The quantitative estimate of drug-likeness (QED) is 0.896. The van der Waals surface area contributed by atoms with Crippen molar-refractivity contribution in [3.63, 3.8) is 0 Å². The number of rotatable bonds is 4. The Balaban J connectivity index is 2.35. The number of benzene rings is 1. The molecule has 2 nitrogen and oxygen atoms in total. The number of nitrogens with one attached hydrogen (secondary N) is 1. The molecule has 1 aromatic heterocycles. The summed E-state index contributed by atoms with van der Waals surface area (Å²) in [6.45, 7) is 6.29. The molecule has 0 saturated heterocycles. The Morgan fingerprint density at radius 2 is 1.95 bits per heavy atom. The molecule has 0 fully saturated rings. The highest BCUT2D eigenvalue weighted by molar-refractivity contribution is 5.59. The van der Waals surface area contributed by atoms with Crippen molar-refractivity contribution in [1.82, 2.24) is 5.32 Å². The van der Waals surface area contributed by atoms with Gasteiger partial charge in [0, 0.05) is 0 Å². The molecule has 19 heavy (non-hydrogen) atoms. The molecule has 1 N–H and O–H groups in total. The molecule has 2 rings (SSSR count). The van der Waals surface area contributed by atoms with Gasteiger partial charge in [-0.25, -0.2) is 8.78 Å². The first-order chi connectivity index (χ1) is 9.02. The van der Waals surface area contributed by atoms with Crippen molar-refractivity contribution in [1.29, 1.82) is 0 Å². The second kappa shape index (κ2) is 5.53. The Morgan fingerprint density at radius 3 is 2.63 bits per heavy atom. The highest BCUT2D eigenvalue weighted by atomic mass is 19.1. The van der Waals surface area contributed by atoms with E-state index < -0.39 is 11.6 Å². The zero-order valence-corrected chi connectivity index (χ0v) is 11.3. The van der Waals surface area contributed by atoms with E-state index in [0.717, 1.165) is 6.54 Å². The molecule has 2 aromatic rings. The predicted molar refractivity (Wildman–Crippen MR) is 70.9 cm³/mol. The Hall–Kier alpha value is -1.68. The van der Waals surface area contributed by atoms with E-state index in [4.69, 9.17) is 4.42 Å². The van der Waals surface area contributed by atoms with Crippen molar-refractivity contribution in [2.45, 2.75) is 26.8 Å². The molecular weight excluding hydrogens is 248 g/mol. The number of furan rings is 1. The fourth-order valence-corrected chi connectivity index (χ4v) is 1.97. The van der Waals surface area contributed by atoms with Crippen LogP contribution in [0.15, 0.2) is 28.7 Å². The molecule has 1 heterocycles. The summed E-state index contributed by atoms with van der Waals surface area (Å²) < 4.78 is 32.9. The van der Waals surface area contributed by atoms with Crippen LogP contribution in [0, 0.1) is 18.6 Å². The van der Waals surface area contributed by atoms with Gasteiger partial charge in [0.1, 0.15) is 23.2 Å². The van der Waals surface area contributed by atoms with Gasteiger partial charge in [-0.3, -0.25) is 0 Å². The Bertz CT molecular complexity index is 578. The third-order valence-electron chi connectivity index (χ3n) is 3.08. The van der Waals surface area contributed by atoms with E-state index in [1.165, 1.54) is 19.1 Å². The van der Waals surface area contributed by atoms with Gasteiger partial charge >= 0.3 is 0 Å². The monoisotopic (exact) mass is 265 g/mol. The van der Waals surface area contributed by atoms with Crippen LogP contribution in [0.4, 0.5) is 8.78 Å². The summed E-state index contributed by atoms with van der Waals surface area (Å²) in [4.78, 5) is 0. The lowest BCUT2D eigenvalue weighted by Gasteiger charge is -2.08. The molecule has 0 amide bonds. The standard InChI is InChI=1S/C15H17F2NO/c1-4-18-10(3)14-5-6-15(19-14)11-8-12(16)9(2)7-13(11)17/h5-8,10,18H,4H2,1-3H3. The number of aryl methyl sites for hydroxylation is 1. The van der Waals surface area contributed by atoms with Crippen molar-refractivity contribution < 1.29 is 13.2 Å². The normalized spacial score (nSPS) is 12.7. The average Bonchev–Trinajstić information content (AvgIpc) is 2.83. The summed E-state index contributed by atoms with van der Waals surface area (Å²) in [5.74, 6) is 0.137. The van der Waals surface area contributed by atoms with Gasteiger partial charge in [0.15, 0.2) is 0 Å². The maximum Gasteiger partial charge on any atom is 0.137 e. The SMILES string of the molecule is CCNC(C)c1ccc(-c2cc(F)c(C)cc2F)o1. The van der Waals surface area contributed by atoms with Gasteiger partial charge < -0.3 is 9.73 Å². The average molecular weight is 265 g/mol. The van der Waals surface area contributed by atoms with Gasteiger partial charge in [0.2, 0.25) is 0 Å². The van der Waals surface area contributed by atoms with E-state index in [2.05, 4.69) is 5.32 Å². The number of hydrogen-bond acceptors (Lipinski definition) is 2. The molecule has 0 aliphatic heterocycles. The van der Waals surface area contributed by atoms with Crippen molar-refractivity contribution in [3.05, 3.63) is 47.2 Å². The molecule has 0 spiro atoms. The van der Waals surface area contributed by atoms with Gasteiger partial charge in [0.25, 0.3) is 0 Å². The summed E-state index contributed by atoms with van der Waals surface area (Å²) in [5, 5.41) is 3.20. The van der Waals surface area contributed by atoms with Crippen LogP contribution in [0.25, 0.3) is 11.3 Å². The predicted octanol–water partition coefficient (Wildman–Crippen LogP) is 4.20. The van der Waals surface area contributed by atoms with E-state index in [-0.39, 0.29) is 17.2 Å². The lowest BCUT2D eigenvalue weighted by Crippen LogP contribution is -2.16. The highest BCUT2D eigenvalue weighted by Gasteiger charge is 2.15. The van der Waals surface area contributed by atoms with Crippen LogP contribution in [0.2, 0.25) is 0 Å². The number of halogens is 2. The van der Waals surface area contributed by atoms with Gasteiger partial charge in [-0.05, 0) is 50.2 Å². The lowest BCUT2D eigenvalue weighted by atomic mass is 10.1. The fraction of sp³-hybridized carbons (Fsp3) is 0.333. The molecule has 0 aliphatic rings. The lowest BCUT2D eigenvalue weighted by molar-refractivity contribution is 0.443. The Morgan fingerprint density at radius 1 is 1.21 bits per heavy atom. The molecule has 102 valence electrons. The summed E-state index contributed by atoms with van der Waals surface area (Å²) in [5.41, 5.74) is 0.437. The highest BCUT2D eigenvalue weighted by Crippen LogP contribution is 2.29. The van der Waals surface area contributed by atoms with Crippen molar-refractivity contribution >= 4 is 0 Å². The second-order valence-electron chi connectivity index (χ2n) is 4.56. The van der Waals surface area contributed by atoms with Gasteiger partial charge in [-0.2, -0.15) is 0 Å². The van der Waals surface area contributed by atoms with Crippen LogP contribution in [0.1, 0.15) is 31.2 Å². The van der Waals surface area contributed by atoms with Crippen LogP contribution in [-0.2, 0) is 0 Å². The van der Waals surface area contributed by atoms with Crippen molar-refractivity contribution in [3.8, 4) is 11.3 Å². The minimum Gasteiger partial charge on any atom is -0.459 e. The molecule has 0 bridgehead atoms. The third kappa shape index (κ3) is 2.84. The van der Waals surface area contributed by atoms with Gasteiger partial charge in [0.05, 0.1) is 11.6 Å². The van der Waals surface area contributed by atoms with Crippen LogP contribution >= 0.6 is 0 Å². The van der Waals surface area contributed by atoms with E-state index in [1.54, 1.807) is 12.1 Å². The van der Waals surface area contributed by atoms with Gasteiger partial charge in [-0.1, -0.05) is 6.92 Å². The minimum atomic E-state index is -0.476. The van der Waals surface area contributed by atoms with Crippen LogP contribution in [-0.4, -0.2) is 6.54 Å². The Labute approximate surface area is 111 Å². The molecular formula is C15H17F2NO. The van der Waals surface area contributed by atoms with Gasteiger partial charge in [-0.15, -0.1) is 0 Å². The first kappa shape index (κ1) is 13.7. The second-order valence-corrected chi connectivity index (χ2v) is 4.56. The molecule has 4 heteroatoms. The summed E-state index contributed by atoms with van der Waals surface area (Å²) >= 11 is 0. The third-order valence-corrected chi connectivity index (χ3v) is 3.08. The van der Waals surface area contributed by atoms with E-state index in [1.807, 2.05) is 13.8 Å². The maximum absolute atomic E-state index is 13.8. The molecule has 1 unspecified atom stereocenters. The van der Waals surface area contributed by atoms with Crippen molar-refractivity contribution in [2.24, 2.45) is 0 Å². The van der Waals surface area contributed by atoms with E-state index in [0.29, 0.717) is 11.5 Å². The zero-order valence-electron chi connectivity index (χ0n) is 11.3. The zero-order chi connectivity index (χ0) is 14.0. The molecule has 0 aliphatic carbocycles. The maximum atomic E-state index is 13.8. The molecule has 0 saturated carbocycles. The van der Waals surface area contributed by atoms with Crippen molar-refractivity contribution in [2.75, 3.05) is 6.54 Å². The first-order valence-electron chi connectivity index (χ1n) is 6.32. The van der Waals surface area contributed by atoms with Crippen LogP contribution < -0.4 is 5.32 Å². The summed E-state index contributed by atoms with van der Waals surface area (Å²) in [6, 6.07) is 5.83. The summed E-state index contributed by atoms with van der Waals surface area (Å²) in [6.07, 6.45) is 0. The molecule has 1 aromatic carbocycles. The molecule has 1 atom stereocenters. The minimum absolute atomic E-state index is 0.0390. The molecule has 0 radical (unpaired) electrons. The van der Waals surface area contributed by atoms with E-state index >= 15 is 0 Å². The largest absolute Gasteiger partial charge is 0.459 e. The van der Waals surface area contributed by atoms with Crippen LogP contribution in [0.3, 0.4) is 0 Å². The summed E-state index contributed by atoms with van der Waals surface area (Å²) in [7, 11) is 0. The van der Waals surface area contributed by atoms with Crippen LogP contribution in [0.5, 0.6) is 0 Å². The first-order valence-corrected chi connectivity index (χ1v) is 6.32. The topological polar surface area (TPSA) is 25.2 Å². The fourth-order valence-electron chi connectivity index (χ4n) is 1.97. The Kier molecular flexibility index (Phi) is 4.00. The van der Waals surface area contributed by atoms with E-state index in [9.17, 15) is 8.78 Å². The smallest absolute Gasteiger partial charge is 0.137 e. The number of hydrogen-bond donors (Lipinski definition) is 1.